The first-order valence-electron chi connectivity index (χ1n) is 5.23. The van der Waals surface area contributed by atoms with Gasteiger partial charge in [-0.15, -0.1) is 11.3 Å². The zero-order chi connectivity index (χ0) is 11.3. The van der Waals surface area contributed by atoms with Gasteiger partial charge in [0.2, 0.25) is 0 Å². The number of rotatable bonds is 6. The molecule has 4 heteroatoms. The highest BCUT2D eigenvalue weighted by atomic mass is 32.1. The molecule has 0 spiro atoms. The van der Waals surface area contributed by atoms with E-state index in [-0.39, 0.29) is 6.10 Å². The molecule has 1 aromatic heterocycles. The molecule has 1 aromatic rings. The van der Waals surface area contributed by atoms with Gasteiger partial charge in [0.15, 0.2) is 0 Å². The normalized spacial score (nSPS) is 13.4. The van der Waals surface area contributed by atoms with Gasteiger partial charge in [0, 0.05) is 19.1 Å². The Morgan fingerprint density at radius 3 is 2.73 bits per heavy atom. The molecule has 1 unspecified atom stereocenters. The number of hydrogen-bond donors (Lipinski definition) is 0. The van der Waals surface area contributed by atoms with Crippen molar-refractivity contribution in [2.24, 2.45) is 5.92 Å². The van der Waals surface area contributed by atoms with Crippen LogP contribution in [0.5, 0.6) is 0 Å². The standard InChI is InChI=1S/C11H19NO2S/c1-5-14-10(8(2)3)11-12-9(6-13-4)7-15-11/h7-8,10H,5-6H2,1-4H3. The lowest BCUT2D eigenvalue weighted by molar-refractivity contribution is 0.0290. The van der Waals surface area contributed by atoms with Crippen molar-refractivity contribution in [2.45, 2.75) is 33.5 Å². The van der Waals surface area contributed by atoms with Crippen LogP contribution in [-0.4, -0.2) is 18.7 Å². The second kappa shape index (κ2) is 6.20. The van der Waals surface area contributed by atoms with Crippen molar-refractivity contribution in [1.82, 2.24) is 4.98 Å². The monoisotopic (exact) mass is 229 g/mol. The minimum Gasteiger partial charge on any atom is -0.378 e. The lowest BCUT2D eigenvalue weighted by atomic mass is 10.1. The van der Waals surface area contributed by atoms with E-state index in [0.717, 1.165) is 17.3 Å². The predicted octanol–water partition coefficient (Wildman–Crippen LogP) is 3.02. The molecule has 0 aliphatic carbocycles. The molecule has 1 atom stereocenters. The summed E-state index contributed by atoms with van der Waals surface area (Å²) in [4.78, 5) is 4.51. The number of aromatic nitrogens is 1. The summed E-state index contributed by atoms with van der Waals surface area (Å²) in [7, 11) is 1.68. The van der Waals surface area contributed by atoms with Crippen LogP contribution in [0.4, 0.5) is 0 Å². The summed E-state index contributed by atoms with van der Waals surface area (Å²) in [6, 6.07) is 0. The Bertz CT molecular complexity index is 286. The number of ether oxygens (including phenoxy) is 2. The van der Waals surface area contributed by atoms with E-state index in [1.165, 1.54) is 0 Å². The van der Waals surface area contributed by atoms with Crippen LogP contribution in [-0.2, 0) is 16.1 Å². The second-order valence-electron chi connectivity index (χ2n) is 3.73. The summed E-state index contributed by atoms with van der Waals surface area (Å²) in [6.45, 7) is 7.62. The van der Waals surface area contributed by atoms with E-state index in [0.29, 0.717) is 12.5 Å². The molecule has 15 heavy (non-hydrogen) atoms. The van der Waals surface area contributed by atoms with Crippen molar-refractivity contribution in [3.8, 4) is 0 Å². The van der Waals surface area contributed by atoms with Crippen molar-refractivity contribution in [3.05, 3.63) is 16.1 Å². The van der Waals surface area contributed by atoms with E-state index in [1.807, 2.05) is 12.3 Å². The lowest BCUT2D eigenvalue weighted by Gasteiger charge is -2.17. The molecule has 3 nitrogen and oxygen atoms in total. The van der Waals surface area contributed by atoms with Crippen LogP contribution in [0.15, 0.2) is 5.38 Å². The molecule has 0 aromatic carbocycles. The maximum Gasteiger partial charge on any atom is 0.122 e. The van der Waals surface area contributed by atoms with Gasteiger partial charge in [-0.05, 0) is 12.8 Å². The Balaban J connectivity index is 2.72. The van der Waals surface area contributed by atoms with Gasteiger partial charge in [-0.3, -0.25) is 0 Å². The van der Waals surface area contributed by atoms with Gasteiger partial charge in [-0.25, -0.2) is 4.98 Å². The van der Waals surface area contributed by atoms with E-state index >= 15 is 0 Å². The van der Waals surface area contributed by atoms with Crippen LogP contribution in [0.25, 0.3) is 0 Å². The number of hydrogen-bond acceptors (Lipinski definition) is 4. The van der Waals surface area contributed by atoms with Crippen molar-refractivity contribution in [1.29, 1.82) is 0 Å². The predicted molar refractivity (Wildman–Crippen MR) is 62.0 cm³/mol. The fraction of sp³-hybridized carbons (Fsp3) is 0.727. The Morgan fingerprint density at radius 2 is 2.20 bits per heavy atom. The first kappa shape index (κ1) is 12.6. The Labute approximate surface area is 95.4 Å². The van der Waals surface area contributed by atoms with Gasteiger partial charge in [-0.1, -0.05) is 13.8 Å². The first-order chi connectivity index (χ1) is 7.19. The SMILES string of the molecule is CCOC(c1nc(COC)cs1)C(C)C. The molecule has 1 rings (SSSR count). The van der Waals surface area contributed by atoms with Crippen LogP contribution in [0.3, 0.4) is 0 Å². The molecule has 0 N–H and O–H groups in total. The second-order valence-corrected chi connectivity index (χ2v) is 4.62. The van der Waals surface area contributed by atoms with Crippen molar-refractivity contribution < 1.29 is 9.47 Å². The van der Waals surface area contributed by atoms with Crippen LogP contribution in [0.2, 0.25) is 0 Å². The molecule has 0 bridgehead atoms. The lowest BCUT2D eigenvalue weighted by Crippen LogP contribution is -2.11. The molecule has 86 valence electrons. The smallest absolute Gasteiger partial charge is 0.122 e. The molecular formula is C11H19NO2S. The molecule has 1 heterocycles. The summed E-state index contributed by atoms with van der Waals surface area (Å²) in [6.07, 6.45) is 0.116. The van der Waals surface area contributed by atoms with Crippen molar-refractivity contribution >= 4 is 11.3 Å². The summed E-state index contributed by atoms with van der Waals surface area (Å²) in [5.41, 5.74) is 0.989. The Hall–Kier alpha value is -0.450. The molecule has 0 saturated heterocycles. The zero-order valence-electron chi connectivity index (χ0n) is 9.82. The van der Waals surface area contributed by atoms with Gasteiger partial charge in [-0.2, -0.15) is 0 Å². The molecule has 0 saturated carbocycles. The zero-order valence-corrected chi connectivity index (χ0v) is 10.6. The van der Waals surface area contributed by atoms with Gasteiger partial charge in [0.05, 0.1) is 12.3 Å². The minimum absolute atomic E-state index is 0.116. The third-order valence-corrected chi connectivity index (χ3v) is 3.01. The molecule has 0 aliphatic heterocycles. The van der Waals surface area contributed by atoms with Crippen molar-refractivity contribution in [2.75, 3.05) is 13.7 Å². The fourth-order valence-corrected chi connectivity index (χ4v) is 2.42. The van der Waals surface area contributed by atoms with Gasteiger partial charge in [0.25, 0.3) is 0 Å². The molecule has 0 radical (unpaired) electrons. The van der Waals surface area contributed by atoms with Crippen molar-refractivity contribution in [3.63, 3.8) is 0 Å². The molecule has 0 amide bonds. The molecule has 0 fully saturated rings. The number of thiazole rings is 1. The van der Waals surface area contributed by atoms with Crippen LogP contribution < -0.4 is 0 Å². The number of nitrogens with zero attached hydrogens (tertiary/aromatic N) is 1. The van der Waals surface area contributed by atoms with E-state index < -0.39 is 0 Å². The average Bonchev–Trinajstić information content (AvgIpc) is 2.62. The Kier molecular flexibility index (Phi) is 5.22. The van der Waals surface area contributed by atoms with Crippen LogP contribution >= 0.6 is 11.3 Å². The van der Waals surface area contributed by atoms with E-state index in [4.69, 9.17) is 9.47 Å². The van der Waals surface area contributed by atoms with Gasteiger partial charge < -0.3 is 9.47 Å². The summed E-state index contributed by atoms with van der Waals surface area (Å²) in [5.74, 6) is 0.450. The highest BCUT2D eigenvalue weighted by Crippen LogP contribution is 2.28. The molecule has 0 aliphatic rings. The quantitative estimate of drug-likeness (QED) is 0.751. The third kappa shape index (κ3) is 3.55. The number of methoxy groups -OCH3 is 1. The van der Waals surface area contributed by atoms with E-state index in [2.05, 4.69) is 18.8 Å². The van der Waals surface area contributed by atoms with Crippen LogP contribution in [0.1, 0.15) is 37.6 Å². The maximum absolute atomic E-state index is 5.69. The first-order valence-corrected chi connectivity index (χ1v) is 6.11. The third-order valence-electron chi connectivity index (χ3n) is 2.06. The average molecular weight is 229 g/mol. The van der Waals surface area contributed by atoms with E-state index in [9.17, 15) is 0 Å². The highest BCUT2D eigenvalue weighted by Gasteiger charge is 2.19. The topological polar surface area (TPSA) is 31.4 Å². The minimum atomic E-state index is 0.116. The van der Waals surface area contributed by atoms with E-state index in [1.54, 1.807) is 18.4 Å². The largest absolute Gasteiger partial charge is 0.378 e. The van der Waals surface area contributed by atoms with Gasteiger partial charge >= 0.3 is 0 Å². The van der Waals surface area contributed by atoms with Crippen LogP contribution in [0, 0.1) is 5.92 Å². The summed E-state index contributed by atoms with van der Waals surface area (Å²) < 4.78 is 10.7. The Morgan fingerprint density at radius 1 is 1.47 bits per heavy atom. The maximum atomic E-state index is 5.69. The highest BCUT2D eigenvalue weighted by molar-refractivity contribution is 7.09. The summed E-state index contributed by atoms with van der Waals surface area (Å²) >= 11 is 1.65. The summed E-state index contributed by atoms with van der Waals surface area (Å²) in [5, 5.41) is 3.09. The van der Waals surface area contributed by atoms with Gasteiger partial charge in [0.1, 0.15) is 11.1 Å². The molecular weight excluding hydrogens is 210 g/mol. The fourth-order valence-electron chi connectivity index (χ4n) is 1.40.